The van der Waals surface area contributed by atoms with Gasteiger partial charge >= 0.3 is 0 Å². The van der Waals surface area contributed by atoms with E-state index in [9.17, 15) is 4.39 Å². The highest BCUT2D eigenvalue weighted by Gasteiger charge is 2.02. The molecule has 0 radical (unpaired) electrons. The summed E-state index contributed by atoms with van der Waals surface area (Å²) in [5, 5.41) is 3.18. The Morgan fingerprint density at radius 2 is 1.67 bits per heavy atom. The van der Waals surface area contributed by atoms with Crippen molar-refractivity contribution in [2.75, 3.05) is 11.9 Å². The van der Waals surface area contributed by atoms with Gasteiger partial charge in [-0.2, -0.15) is 0 Å². The molecule has 0 bridgehead atoms. The van der Waals surface area contributed by atoms with Gasteiger partial charge in [0.2, 0.25) is 0 Å². The van der Waals surface area contributed by atoms with E-state index in [4.69, 9.17) is 0 Å². The fraction of sp³-hybridized carbons (Fsp3) is 0.625. The SMILES string of the molecule is CCCCCCCCCNc1cccc(C)c1F. The maximum Gasteiger partial charge on any atom is 0.149 e. The summed E-state index contributed by atoms with van der Waals surface area (Å²) in [5.41, 5.74) is 1.35. The summed E-state index contributed by atoms with van der Waals surface area (Å²) in [6.07, 6.45) is 9.02. The highest BCUT2D eigenvalue weighted by molar-refractivity contribution is 5.47. The average Bonchev–Trinajstić information content (AvgIpc) is 2.37. The molecule has 0 unspecified atom stereocenters. The zero-order valence-electron chi connectivity index (χ0n) is 11.8. The van der Waals surface area contributed by atoms with E-state index in [0.29, 0.717) is 11.3 Å². The summed E-state index contributed by atoms with van der Waals surface area (Å²) in [4.78, 5) is 0. The summed E-state index contributed by atoms with van der Waals surface area (Å²) in [6.45, 7) is 4.91. The van der Waals surface area contributed by atoms with Crippen LogP contribution in [0.25, 0.3) is 0 Å². The monoisotopic (exact) mass is 251 g/mol. The van der Waals surface area contributed by atoms with E-state index in [1.807, 2.05) is 12.1 Å². The first kappa shape index (κ1) is 15.0. The van der Waals surface area contributed by atoms with Crippen LogP contribution >= 0.6 is 0 Å². The van der Waals surface area contributed by atoms with Gasteiger partial charge in [-0.3, -0.25) is 0 Å². The summed E-state index contributed by atoms with van der Waals surface area (Å²) in [7, 11) is 0. The van der Waals surface area contributed by atoms with Crippen LogP contribution in [-0.4, -0.2) is 6.54 Å². The topological polar surface area (TPSA) is 12.0 Å². The Morgan fingerprint density at radius 3 is 2.39 bits per heavy atom. The molecule has 1 rings (SSSR count). The molecule has 0 fully saturated rings. The predicted octanol–water partition coefficient (Wildman–Crippen LogP) is 5.30. The third-order valence-corrected chi connectivity index (χ3v) is 3.29. The second-order valence-corrected chi connectivity index (χ2v) is 4.98. The van der Waals surface area contributed by atoms with Gasteiger partial charge in [0.1, 0.15) is 5.82 Å². The van der Waals surface area contributed by atoms with Crippen LogP contribution in [0.4, 0.5) is 10.1 Å². The fourth-order valence-corrected chi connectivity index (χ4v) is 2.09. The molecule has 0 aliphatic carbocycles. The van der Waals surface area contributed by atoms with Crippen LogP contribution in [0.1, 0.15) is 57.4 Å². The van der Waals surface area contributed by atoms with Crippen LogP contribution in [0.15, 0.2) is 18.2 Å². The molecule has 0 aromatic heterocycles. The zero-order valence-corrected chi connectivity index (χ0v) is 11.8. The highest BCUT2D eigenvalue weighted by Crippen LogP contribution is 2.17. The van der Waals surface area contributed by atoms with Crippen molar-refractivity contribution in [3.8, 4) is 0 Å². The van der Waals surface area contributed by atoms with Crippen molar-refractivity contribution in [2.24, 2.45) is 0 Å². The van der Waals surface area contributed by atoms with Gasteiger partial charge in [0.25, 0.3) is 0 Å². The summed E-state index contributed by atoms with van der Waals surface area (Å²) in [5.74, 6) is -0.111. The van der Waals surface area contributed by atoms with Gasteiger partial charge in [-0.25, -0.2) is 4.39 Å². The molecule has 0 spiro atoms. The minimum Gasteiger partial charge on any atom is -0.383 e. The van der Waals surface area contributed by atoms with Crippen LogP contribution in [0.3, 0.4) is 0 Å². The van der Waals surface area contributed by atoms with Crippen LogP contribution in [0.2, 0.25) is 0 Å². The van der Waals surface area contributed by atoms with E-state index in [1.54, 1.807) is 13.0 Å². The zero-order chi connectivity index (χ0) is 13.2. The van der Waals surface area contributed by atoms with Crippen molar-refractivity contribution in [1.82, 2.24) is 0 Å². The Kier molecular flexibility index (Phi) is 7.47. The van der Waals surface area contributed by atoms with E-state index in [0.717, 1.165) is 13.0 Å². The molecule has 0 atom stereocenters. The molecule has 18 heavy (non-hydrogen) atoms. The van der Waals surface area contributed by atoms with Gasteiger partial charge in [0, 0.05) is 6.54 Å². The Hall–Kier alpha value is -1.05. The number of anilines is 1. The molecule has 1 aromatic rings. The smallest absolute Gasteiger partial charge is 0.149 e. The first-order chi connectivity index (χ1) is 8.75. The third-order valence-electron chi connectivity index (χ3n) is 3.29. The van der Waals surface area contributed by atoms with Crippen LogP contribution < -0.4 is 5.32 Å². The third kappa shape index (κ3) is 5.52. The molecule has 1 nitrogen and oxygen atoms in total. The minimum absolute atomic E-state index is 0.111. The summed E-state index contributed by atoms with van der Waals surface area (Å²) in [6, 6.07) is 5.50. The van der Waals surface area contributed by atoms with Crippen molar-refractivity contribution < 1.29 is 4.39 Å². The minimum atomic E-state index is -0.111. The van der Waals surface area contributed by atoms with Crippen molar-refractivity contribution in [1.29, 1.82) is 0 Å². The number of hydrogen-bond acceptors (Lipinski definition) is 1. The van der Waals surface area contributed by atoms with E-state index in [2.05, 4.69) is 12.2 Å². The second-order valence-electron chi connectivity index (χ2n) is 4.98. The van der Waals surface area contributed by atoms with E-state index in [-0.39, 0.29) is 5.82 Å². The molecule has 0 amide bonds. The number of unbranched alkanes of at least 4 members (excludes halogenated alkanes) is 6. The number of rotatable bonds is 9. The van der Waals surface area contributed by atoms with Gasteiger partial charge in [-0.1, -0.05) is 57.6 Å². The predicted molar refractivity (Wildman–Crippen MR) is 77.6 cm³/mol. The number of aryl methyl sites for hydroxylation is 1. The van der Waals surface area contributed by atoms with Crippen molar-refractivity contribution in [2.45, 2.75) is 58.8 Å². The molecular weight excluding hydrogens is 225 g/mol. The molecule has 0 saturated carbocycles. The Labute approximate surface area is 111 Å². The molecule has 0 aliphatic rings. The Morgan fingerprint density at radius 1 is 1.00 bits per heavy atom. The number of benzene rings is 1. The maximum absolute atomic E-state index is 13.7. The van der Waals surface area contributed by atoms with E-state index < -0.39 is 0 Å². The van der Waals surface area contributed by atoms with Gasteiger partial charge in [0.15, 0.2) is 0 Å². The van der Waals surface area contributed by atoms with Crippen molar-refractivity contribution in [3.63, 3.8) is 0 Å². The van der Waals surface area contributed by atoms with Crippen LogP contribution in [0.5, 0.6) is 0 Å². The van der Waals surface area contributed by atoms with Gasteiger partial charge in [0.05, 0.1) is 5.69 Å². The molecule has 102 valence electrons. The Balaban J connectivity index is 2.09. The highest BCUT2D eigenvalue weighted by atomic mass is 19.1. The lowest BCUT2D eigenvalue weighted by atomic mass is 10.1. The van der Waals surface area contributed by atoms with E-state index in [1.165, 1.54) is 38.5 Å². The standard InChI is InChI=1S/C16H26FN/c1-3-4-5-6-7-8-9-13-18-15-12-10-11-14(2)16(15)17/h10-12,18H,3-9,13H2,1-2H3. The Bertz CT molecular complexity index is 336. The lowest BCUT2D eigenvalue weighted by molar-refractivity contribution is 0.594. The molecule has 2 heteroatoms. The lowest BCUT2D eigenvalue weighted by Crippen LogP contribution is -2.04. The van der Waals surface area contributed by atoms with Crippen molar-refractivity contribution >= 4 is 5.69 Å². The quantitative estimate of drug-likeness (QED) is 0.587. The molecule has 1 aromatic carbocycles. The first-order valence-electron chi connectivity index (χ1n) is 7.24. The summed E-state index contributed by atoms with van der Waals surface area (Å²) >= 11 is 0. The van der Waals surface area contributed by atoms with E-state index >= 15 is 0 Å². The van der Waals surface area contributed by atoms with Gasteiger partial charge in [-0.05, 0) is 25.0 Å². The average molecular weight is 251 g/mol. The second kappa shape index (κ2) is 8.96. The number of hydrogen-bond donors (Lipinski definition) is 1. The number of halogens is 1. The molecule has 0 saturated heterocycles. The first-order valence-corrected chi connectivity index (χ1v) is 7.24. The number of nitrogens with one attached hydrogen (secondary N) is 1. The molecule has 1 N–H and O–H groups in total. The molecule has 0 heterocycles. The maximum atomic E-state index is 13.7. The summed E-state index contributed by atoms with van der Waals surface area (Å²) < 4.78 is 13.7. The van der Waals surface area contributed by atoms with Crippen LogP contribution in [-0.2, 0) is 0 Å². The fourth-order valence-electron chi connectivity index (χ4n) is 2.09. The van der Waals surface area contributed by atoms with Gasteiger partial charge < -0.3 is 5.32 Å². The van der Waals surface area contributed by atoms with Crippen molar-refractivity contribution in [3.05, 3.63) is 29.6 Å². The normalized spacial score (nSPS) is 10.6. The largest absolute Gasteiger partial charge is 0.383 e. The molecular formula is C16H26FN. The van der Waals surface area contributed by atoms with Crippen LogP contribution in [0, 0.1) is 12.7 Å². The lowest BCUT2D eigenvalue weighted by Gasteiger charge is -2.08. The molecule has 0 aliphatic heterocycles. The van der Waals surface area contributed by atoms with Gasteiger partial charge in [-0.15, -0.1) is 0 Å².